The molecule has 7 heteroatoms. The van der Waals surface area contributed by atoms with Crippen LogP contribution in [0.3, 0.4) is 0 Å². The molecule has 0 saturated carbocycles. The van der Waals surface area contributed by atoms with Gasteiger partial charge in [0.2, 0.25) is 0 Å². The van der Waals surface area contributed by atoms with Crippen LogP contribution >= 0.6 is 0 Å². The summed E-state index contributed by atoms with van der Waals surface area (Å²) in [5.74, 6) is 0.627. The molecule has 0 radical (unpaired) electrons. The Morgan fingerprint density at radius 3 is 2.57 bits per heavy atom. The van der Waals surface area contributed by atoms with Gasteiger partial charge in [-0.05, 0) is 25.1 Å². The van der Waals surface area contributed by atoms with Crippen molar-refractivity contribution in [3.8, 4) is 17.0 Å². The monoisotopic (exact) mass is 297 g/mol. The number of rotatable bonds is 4. The lowest BCUT2D eigenvalue weighted by molar-refractivity contribution is -0.137. The van der Waals surface area contributed by atoms with Gasteiger partial charge in [0, 0.05) is 18.3 Å². The molecule has 1 N–H and O–H groups in total. The van der Waals surface area contributed by atoms with Crippen molar-refractivity contribution < 1.29 is 17.9 Å². The van der Waals surface area contributed by atoms with Gasteiger partial charge in [-0.15, -0.1) is 0 Å². The Kier molecular flexibility index (Phi) is 4.30. The molecule has 0 aliphatic rings. The first kappa shape index (κ1) is 15.1. The van der Waals surface area contributed by atoms with E-state index in [2.05, 4.69) is 15.3 Å². The molecule has 0 atom stereocenters. The van der Waals surface area contributed by atoms with E-state index in [0.29, 0.717) is 17.9 Å². The first-order valence-electron chi connectivity index (χ1n) is 6.26. The number of aromatic nitrogens is 2. The number of ether oxygens (including phenoxy) is 1. The smallest absolute Gasteiger partial charge is 0.416 e. The molecule has 4 nitrogen and oxygen atoms in total. The van der Waals surface area contributed by atoms with Crippen molar-refractivity contribution >= 4 is 5.82 Å². The fraction of sp³-hybridized carbons (Fsp3) is 0.286. The molecule has 0 amide bonds. The van der Waals surface area contributed by atoms with Gasteiger partial charge >= 0.3 is 6.18 Å². The Hall–Kier alpha value is -2.31. The van der Waals surface area contributed by atoms with Crippen molar-refractivity contribution in [2.75, 3.05) is 19.0 Å². The highest BCUT2D eigenvalue weighted by Gasteiger charge is 2.31. The number of pyridine rings is 2. The van der Waals surface area contributed by atoms with Crippen molar-refractivity contribution in [2.45, 2.75) is 13.1 Å². The van der Waals surface area contributed by atoms with Crippen molar-refractivity contribution in [3.05, 3.63) is 36.2 Å². The standard InChI is InChI=1S/C14H14F3N3O/c1-3-19-13-6-10(14(15,16)17)5-12(20-13)9-4-11(21-2)8-18-7-9/h4-8H,3H2,1-2H3,(H,19,20). The molecule has 2 rings (SSSR count). The molecule has 0 aliphatic carbocycles. The summed E-state index contributed by atoms with van der Waals surface area (Å²) in [6, 6.07) is 3.57. The topological polar surface area (TPSA) is 47.0 Å². The minimum atomic E-state index is -4.44. The maximum atomic E-state index is 13.0. The molecule has 0 aliphatic heterocycles. The molecule has 0 saturated heterocycles. The molecule has 2 aromatic rings. The highest BCUT2D eigenvalue weighted by atomic mass is 19.4. The molecule has 0 aromatic carbocycles. The van der Waals surface area contributed by atoms with Gasteiger partial charge in [0.25, 0.3) is 0 Å². The van der Waals surface area contributed by atoms with Gasteiger partial charge in [0.1, 0.15) is 11.6 Å². The molecular weight excluding hydrogens is 283 g/mol. The first-order chi connectivity index (χ1) is 9.94. The SMILES string of the molecule is CCNc1cc(C(F)(F)F)cc(-c2cncc(OC)c2)n1. The normalized spacial score (nSPS) is 11.3. The third-order valence-electron chi connectivity index (χ3n) is 2.76. The Morgan fingerprint density at radius 2 is 1.95 bits per heavy atom. The Balaban J connectivity index is 2.53. The number of halogens is 3. The maximum absolute atomic E-state index is 13.0. The second-order valence-electron chi connectivity index (χ2n) is 4.27. The van der Waals surface area contributed by atoms with Crippen molar-refractivity contribution in [2.24, 2.45) is 0 Å². The summed E-state index contributed by atoms with van der Waals surface area (Å²) >= 11 is 0. The second-order valence-corrected chi connectivity index (χ2v) is 4.27. The lowest BCUT2D eigenvalue weighted by Gasteiger charge is -2.12. The summed E-state index contributed by atoms with van der Waals surface area (Å²) in [6.45, 7) is 2.26. The maximum Gasteiger partial charge on any atom is 0.416 e. The summed E-state index contributed by atoms with van der Waals surface area (Å²) in [7, 11) is 1.46. The molecule has 0 fully saturated rings. The summed E-state index contributed by atoms with van der Waals surface area (Å²) in [6.07, 6.45) is -1.52. The average molecular weight is 297 g/mol. The predicted molar refractivity (Wildman–Crippen MR) is 73.2 cm³/mol. The highest BCUT2D eigenvalue weighted by Crippen LogP contribution is 2.33. The van der Waals surface area contributed by atoms with Gasteiger partial charge < -0.3 is 10.1 Å². The summed E-state index contributed by atoms with van der Waals surface area (Å²) in [5, 5.41) is 2.80. The molecular formula is C14H14F3N3O. The number of hydrogen-bond acceptors (Lipinski definition) is 4. The zero-order chi connectivity index (χ0) is 15.5. The third kappa shape index (κ3) is 3.62. The van der Waals surface area contributed by atoms with Crippen molar-refractivity contribution in [1.82, 2.24) is 9.97 Å². The Labute approximate surface area is 120 Å². The number of methoxy groups -OCH3 is 1. The second kappa shape index (κ2) is 5.99. The zero-order valence-electron chi connectivity index (χ0n) is 11.5. The molecule has 21 heavy (non-hydrogen) atoms. The van der Waals surface area contributed by atoms with Crippen LogP contribution in [0.25, 0.3) is 11.3 Å². The largest absolute Gasteiger partial charge is 0.495 e. The van der Waals surface area contributed by atoms with E-state index in [1.165, 1.54) is 19.5 Å². The quantitative estimate of drug-likeness (QED) is 0.936. The van der Waals surface area contributed by atoms with Crippen LogP contribution in [0.15, 0.2) is 30.6 Å². The van der Waals surface area contributed by atoms with E-state index in [1.54, 1.807) is 13.0 Å². The van der Waals surface area contributed by atoms with Crippen LogP contribution in [0.4, 0.5) is 19.0 Å². The Morgan fingerprint density at radius 1 is 1.19 bits per heavy atom. The number of nitrogens with zero attached hydrogens (tertiary/aromatic N) is 2. The minimum Gasteiger partial charge on any atom is -0.495 e. The van der Waals surface area contributed by atoms with Gasteiger partial charge in [-0.2, -0.15) is 13.2 Å². The van der Waals surface area contributed by atoms with Crippen LogP contribution in [0.2, 0.25) is 0 Å². The lowest BCUT2D eigenvalue weighted by atomic mass is 10.1. The lowest BCUT2D eigenvalue weighted by Crippen LogP contribution is -2.08. The molecule has 2 heterocycles. The average Bonchev–Trinajstić information content (AvgIpc) is 2.46. The molecule has 0 spiro atoms. The number of hydrogen-bond donors (Lipinski definition) is 1. The molecule has 112 valence electrons. The summed E-state index contributed by atoms with van der Waals surface area (Å²) < 4.78 is 43.9. The van der Waals surface area contributed by atoms with Gasteiger partial charge in [0.15, 0.2) is 0 Å². The van der Waals surface area contributed by atoms with Gasteiger partial charge in [-0.25, -0.2) is 4.98 Å². The van der Waals surface area contributed by atoms with Crippen LogP contribution in [-0.2, 0) is 6.18 Å². The number of alkyl halides is 3. The molecule has 0 unspecified atom stereocenters. The first-order valence-corrected chi connectivity index (χ1v) is 6.26. The third-order valence-corrected chi connectivity index (χ3v) is 2.76. The van der Waals surface area contributed by atoms with Crippen LogP contribution in [0.1, 0.15) is 12.5 Å². The van der Waals surface area contributed by atoms with E-state index >= 15 is 0 Å². The van der Waals surface area contributed by atoms with E-state index in [9.17, 15) is 13.2 Å². The van der Waals surface area contributed by atoms with E-state index < -0.39 is 11.7 Å². The van der Waals surface area contributed by atoms with E-state index in [1.807, 2.05) is 0 Å². The van der Waals surface area contributed by atoms with Crippen LogP contribution < -0.4 is 10.1 Å². The predicted octanol–water partition coefficient (Wildman–Crippen LogP) is 3.60. The van der Waals surface area contributed by atoms with E-state index in [-0.39, 0.29) is 11.5 Å². The van der Waals surface area contributed by atoms with E-state index in [0.717, 1.165) is 12.1 Å². The van der Waals surface area contributed by atoms with Gasteiger partial charge in [-0.3, -0.25) is 4.98 Å². The molecule has 0 bridgehead atoms. The van der Waals surface area contributed by atoms with Crippen LogP contribution in [0.5, 0.6) is 5.75 Å². The van der Waals surface area contributed by atoms with Gasteiger partial charge in [0.05, 0.1) is 24.6 Å². The fourth-order valence-electron chi connectivity index (χ4n) is 1.78. The van der Waals surface area contributed by atoms with Crippen LogP contribution in [-0.4, -0.2) is 23.6 Å². The summed E-state index contributed by atoms with van der Waals surface area (Å²) in [5.41, 5.74) is -0.113. The number of anilines is 1. The highest BCUT2D eigenvalue weighted by molar-refractivity contribution is 5.63. The van der Waals surface area contributed by atoms with Crippen molar-refractivity contribution in [3.63, 3.8) is 0 Å². The molecule has 2 aromatic heterocycles. The number of nitrogens with one attached hydrogen (secondary N) is 1. The van der Waals surface area contributed by atoms with Crippen molar-refractivity contribution in [1.29, 1.82) is 0 Å². The van der Waals surface area contributed by atoms with E-state index in [4.69, 9.17) is 4.74 Å². The summed E-state index contributed by atoms with van der Waals surface area (Å²) in [4.78, 5) is 8.11. The van der Waals surface area contributed by atoms with Gasteiger partial charge in [-0.1, -0.05) is 0 Å². The van der Waals surface area contributed by atoms with Crippen LogP contribution in [0, 0.1) is 0 Å². The Bertz CT molecular complexity index is 629. The zero-order valence-corrected chi connectivity index (χ0v) is 11.5. The fourth-order valence-corrected chi connectivity index (χ4v) is 1.78. The minimum absolute atomic E-state index is 0.171.